The molecule has 2 heterocycles. The van der Waals surface area contributed by atoms with E-state index in [0.717, 1.165) is 42.5 Å². The molecule has 0 atom stereocenters. The molecule has 124 valence electrons. The monoisotopic (exact) mass is 341 g/mol. The normalized spacial score (nSPS) is 15.3. The lowest BCUT2D eigenvalue weighted by molar-refractivity contribution is 0.624. The second-order valence-electron chi connectivity index (χ2n) is 6.30. The maximum atomic E-state index is 13.1. The van der Waals surface area contributed by atoms with Gasteiger partial charge in [-0.1, -0.05) is 17.4 Å². The third kappa shape index (κ3) is 2.73. The van der Waals surface area contributed by atoms with Crippen LogP contribution in [0.4, 0.5) is 15.2 Å². The van der Waals surface area contributed by atoms with E-state index < -0.39 is 0 Å². The number of halogens is 1. The number of rotatable bonds is 2. The Labute approximate surface area is 145 Å². The first-order chi connectivity index (χ1) is 11.6. The minimum absolute atomic E-state index is 0.183. The van der Waals surface area contributed by atoms with Crippen molar-refractivity contribution in [3.05, 3.63) is 53.3 Å². The average molecular weight is 341 g/mol. The zero-order valence-corrected chi connectivity index (χ0v) is 14.7. The largest absolute Gasteiger partial charge is 0.368 e. The summed E-state index contributed by atoms with van der Waals surface area (Å²) in [4.78, 5) is 9.55. The first-order valence-corrected chi connectivity index (χ1v) is 9.06. The van der Waals surface area contributed by atoms with Gasteiger partial charge in [0.15, 0.2) is 5.13 Å². The Hall–Kier alpha value is -2.14. The van der Waals surface area contributed by atoms with Crippen molar-refractivity contribution in [1.29, 1.82) is 0 Å². The topological polar surface area (TPSA) is 19.4 Å². The van der Waals surface area contributed by atoms with Crippen molar-refractivity contribution in [3.8, 4) is 0 Å². The maximum absolute atomic E-state index is 13.1. The van der Waals surface area contributed by atoms with Gasteiger partial charge >= 0.3 is 0 Å². The lowest BCUT2D eigenvalue weighted by atomic mass is 10.1. The summed E-state index contributed by atoms with van der Waals surface area (Å²) in [7, 11) is 0. The number of benzene rings is 2. The molecule has 0 N–H and O–H groups in total. The molecule has 24 heavy (non-hydrogen) atoms. The van der Waals surface area contributed by atoms with Crippen LogP contribution >= 0.6 is 11.3 Å². The van der Waals surface area contributed by atoms with E-state index in [9.17, 15) is 4.39 Å². The van der Waals surface area contributed by atoms with E-state index in [-0.39, 0.29) is 5.82 Å². The number of anilines is 2. The molecule has 0 unspecified atom stereocenters. The molecule has 0 aliphatic carbocycles. The standard InChI is InChI=1S/C19H20FN3S/c1-13-3-8-17-18(14(13)2)21-19(24-17)23-11-9-22(10-12-23)16-6-4-15(20)5-7-16/h3-8H,9-12H2,1-2H3. The van der Waals surface area contributed by atoms with Gasteiger partial charge in [0.1, 0.15) is 5.82 Å². The molecule has 4 rings (SSSR count). The molecular formula is C19H20FN3S. The van der Waals surface area contributed by atoms with Crippen LogP contribution in [0.25, 0.3) is 10.2 Å². The quantitative estimate of drug-likeness (QED) is 0.689. The smallest absolute Gasteiger partial charge is 0.186 e. The van der Waals surface area contributed by atoms with Gasteiger partial charge in [0.2, 0.25) is 0 Å². The summed E-state index contributed by atoms with van der Waals surface area (Å²) >= 11 is 1.77. The highest BCUT2D eigenvalue weighted by atomic mass is 32.1. The van der Waals surface area contributed by atoms with E-state index in [1.165, 1.54) is 28.0 Å². The van der Waals surface area contributed by atoms with Gasteiger partial charge in [0.05, 0.1) is 10.2 Å². The summed E-state index contributed by atoms with van der Waals surface area (Å²) in [6.07, 6.45) is 0. The van der Waals surface area contributed by atoms with E-state index in [1.54, 1.807) is 11.3 Å². The molecule has 1 aromatic heterocycles. The highest BCUT2D eigenvalue weighted by Gasteiger charge is 2.20. The first kappa shape index (κ1) is 15.4. The van der Waals surface area contributed by atoms with E-state index in [4.69, 9.17) is 4.98 Å². The lowest BCUT2D eigenvalue weighted by Crippen LogP contribution is -2.46. The van der Waals surface area contributed by atoms with Crippen LogP contribution in [0, 0.1) is 19.7 Å². The van der Waals surface area contributed by atoms with Gasteiger partial charge in [-0.25, -0.2) is 9.37 Å². The van der Waals surface area contributed by atoms with Crippen LogP contribution in [0.3, 0.4) is 0 Å². The molecule has 0 spiro atoms. The van der Waals surface area contributed by atoms with Crippen LogP contribution in [0.15, 0.2) is 36.4 Å². The van der Waals surface area contributed by atoms with E-state index in [2.05, 4.69) is 35.8 Å². The number of hydrogen-bond acceptors (Lipinski definition) is 4. The predicted molar refractivity (Wildman–Crippen MR) is 99.9 cm³/mol. The van der Waals surface area contributed by atoms with Crippen molar-refractivity contribution in [2.45, 2.75) is 13.8 Å². The number of fused-ring (bicyclic) bond motifs is 1. The zero-order valence-electron chi connectivity index (χ0n) is 13.9. The van der Waals surface area contributed by atoms with Gasteiger partial charge in [0.25, 0.3) is 0 Å². The molecule has 0 bridgehead atoms. The van der Waals surface area contributed by atoms with Crippen molar-refractivity contribution in [1.82, 2.24) is 4.98 Å². The van der Waals surface area contributed by atoms with E-state index in [0.29, 0.717) is 0 Å². The molecule has 3 aromatic rings. The minimum atomic E-state index is -0.183. The fourth-order valence-electron chi connectivity index (χ4n) is 3.16. The molecule has 2 aromatic carbocycles. The van der Waals surface area contributed by atoms with Crippen molar-refractivity contribution in [3.63, 3.8) is 0 Å². The van der Waals surface area contributed by atoms with Crippen molar-refractivity contribution in [2.24, 2.45) is 0 Å². The Balaban J connectivity index is 1.51. The number of aryl methyl sites for hydroxylation is 2. The molecule has 3 nitrogen and oxygen atoms in total. The summed E-state index contributed by atoms with van der Waals surface area (Å²) < 4.78 is 14.3. The summed E-state index contributed by atoms with van der Waals surface area (Å²) in [5.41, 5.74) is 4.79. The van der Waals surface area contributed by atoms with Crippen LogP contribution in [-0.2, 0) is 0 Å². The number of hydrogen-bond donors (Lipinski definition) is 0. The molecule has 5 heteroatoms. The van der Waals surface area contributed by atoms with Crippen molar-refractivity contribution in [2.75, 3.05) is 36.0 Å². The molecule has 1 aliphatic heterocycles. The second kappa shape index (κ2) is 6.06. The zero-order chi connectivity index (χ0) is 16.7. The van der Waals surface area contributed by atoms with Gasteiger partial charge < -0.3 is 9.80 Å². The minimum Gasteiger partial charge on any atom is -0.368 e. The van der Waals surface area contributed by atoms with E-state index in [1.807, 2.05) is 12.1 Å². The number of thiazole rings is 1. The Morgan fingerprint density at radius 2 is 1.58 bits per heavy atom. The van der Waals surface area contributed by atoms with Gasteiger partial charge in [-0.15, -0.1) is 0 Å². The van der Waals surface area contributed by atoms with Crippen LogP contribution in [0.1, 0.15) is 11.1 Å². The fraction of sp³-hybridized carbons (Fsp3) is 0.316. The van der Waals surface area contributed by atoms with E-state index >= 15 is 0 Å². The van der Waals surface area contributed by atoms with Crippen LogP contribution < -0.4 is 9.80 Å². The number of aromatic nitrogens is 1. The van der Waals surface area contributed by atoms with Crippen LogP contribution in [0.2, 0.25) is 0 Å². The second-order valence-corrected chi connectivity index (χ2v) is 7.31. The van der Waals surface area contributed by atoms with Gasteiger partial charge in [-0.2, -0.15) is 0 Å². The average Bonchev–Trinajstić information content (AvgIpc) is 3.04. The number of piperazine rings is 1. The lowest BCUT2D eigenvalue weighted by Gasteiger charge is -2.36. The molecule has 0 saturated carbocycles. The Bertz CT molecular complexity index is 864. The molecule has 1 saturated heterocycles. The summed E-state index contributed by atoms with van der Waals surface area (Å²) in [6.45, 7) is 8.02. The highest BCUT2D eigenvalue weighted by Crippen LogP contribution is 2.32. The van der Waals surface area contributed by atoms with Gasteiger partial charge in [0, 0.05) is 31.9 Å². The Morgan fingerprint density at radius 1 is 0.917 bits per heavy atom. The Kier molecular flexibility index (Phi) is 3.88. The third-order valence-corrected chi connectivity index (χ3v) is 5.90. The van der Waals surface area contributed by atoms with Crippen LogP contribution in [-0.4, -0.2) is 31.2 Å². The summed E-state index contributed by atoms with van der Waals surface area (Å²) in [6, 6.07) is 11.1. The number of nitrogens with zero attached hydrogens (tertiary/aromatic N) is 3. The molecule has 1 aliphatic rings. The maximum Gasteiger partial charge on any atom is 0.186 e. The van der Waals surface area contributed by atoms with Gasteiger partial charge in [-0.3, -0.25) is 0 Å². The summed E-state index contributed by atoms with van der Waals surface area (Å²) in [5.74, 6) is -0.183. The summed E-state index contributed by atoms with van der Waals surface area (Å²) in [5, 5.41) is 1.11. The van der Waals surface area contributed by atoms with Crippen LogP contribution in [0.5, 0.6) is 0 Å². The molecule has 1 fully saturated rings. The first-order valence-electron chi connectivity index (χ1n) is 8.24. The molecular weight excluding hydrogens is 321 g/mol. The van der Waals surface area contributed by atoms with Crippen molar-refractivity contribution < 1.29 is 4.39 Å². The molecule has 0 amide bonds. The highest BCUT2D eigenvalue weighted by molar-refractivity contribution is 7.22. The van der Waals surface area contributed by atoms with Gasteiger partial charge in [-0.05, 0) is 55.3 Å². The molecule has 0 radical (unpaired) electrons. The SMILES string of the molecule is Cc1ccc2sc(N3CCN(c4ccc(F)cc4)CC3)nc2c1C. The fourth-order valence-corrected chi connectivity index (χ4v) is 4.23. The van der Waals surface area contributed by atoms with Crippen molar-refractivity contribution >= 4 is 32.4 Å². The predicted octanol–water partition coefficient (Wildman–Crippen LogP) is 4.38. The third-order valence-electron chi connectivity index (χ3n) is 4.82. The Morgan fingerprint density at radius 3 is 2.29 bits per heavy atom.